The number of hydrogen-bond donors (Lipinski definition) is 1. The van der Waals surface area contributed by atoms with E-state index in [2.05, 4.69) is 0 Å². The molecule has 1 radical (unpaired) electrons. The summed E-state index contributed by atoms with van der Waals surface area (Å²) in [4.78, 5) is 21.0. The molecule has 1 atom stereocenters. The van der Waals surface area contributed by atoms with E-state index < -0.39 is 6.04 Å². The molecular formula is C10H18NO3. The van der Waals surface area contributed by atoms with Gasteiger partial charge >= 0.3 is 5.97 Å². The van der Waals surface area contributed by atoms with Crippen LogP contribution in [0, 0.1) is 5.92 Å². The van der Waals surface area contributed by atoms with E-state index in [-0.39, 0.29) is 11.9 Å². The van der Waals surface area contributed by atoms with Crippen molar-refractivity contribution < 1.29 is 14.3 Å². The summed E-state index contributed by atoms with van der Waals surface area (Å²) < 4.78 is 4.92. The highest BCUT2D eigenvalue weighted by Crippen LogP contribution is 2.01. The fourth-order valence-corrected chi connectivity index (χ4v) is 0.840. The maximum absolute atomic E-state index is 11.2. The topological polar surface area (TPSA) is 69.4 Å². The van der Waals surface area contributed by atoms with Crippen LogP contribution < -0.4 is 5.73 Å². The van der Waals surface area contributed by atoms with Crippen LogP contribution in [0.4, 0.5) is 0 Å². The molecule has 0 aliphatic heterocycles. The van der Waals surface area contributed by atoms with E-state index >= 15 is 0 Å². The fourth-order valence-electron chi connectivity index (χ4n) is 0.840. The minimum atomic E-state index is -0.548. The van der Waals surface area contributed by atoms with Crippen LogP contribution in [0.25, 0.3) is 0 Å². The van der Waals surface area contributed by atoms with Crippen LogP contribution in [-0.4, -0.2) is 24.9 Å². The van der Waals surface area contributed by atoms with Crippen LogP contribution in [0.15, 0.2) is 0 Å². The van der Waals surface area contributed by atoms with Crippen LogP contribution in [-0.2, 0) is 14.3 Å². The molecule has 0 aromatic carbocycles. The van der Waals surface area contributed by atoms with E-state index in [9.17, 15) is 9.59 Å². The van der Waals surface area contributed by atoms with Crippen molar-refractivity contribution in [1.82, 2.24) is 0 Å². The van der Waals surface area contributed by atoms with Gasteiger partial charge in [0.05, 0.1) is 6.61 Å². The molecule has 0 aliphatic rings. The first kappa shape index (κ1) is 13.1. The van der Waals surface area contributed by atoms with E-state index in [4.69, 9.17) is 10.5 Å². The smallest absolute Gasteiger partial charge is 0.323 e. The van der Waals surface area contributed by atoms with Crippen LogP contribution in [0.1, 0.15) is 33.1 Å². The minimum Gasteiger partial charge on any atom is -0.465 e. The summed E-state index contributed by atoms with van der Waals surface area (Å²) in [5.41, 5.74) is 5.56. The highest BCUT2D eigenvalue weighted by atomic mass is 16.5. The fraction of sp³-hybridized carbons (Fsp3) is 0.800. The van der Waals surface area contributed by atoms with Gasteiger partial charge < -0.3 is 10.5 Å². The van der Waals surface area contributed by atoms with Gasteiger partial charge in [-0.3, -0.25) is 9.59 Å². The van der Waals surface area contributed by atoms with Crippen molar-refractivity contribution in [2.75, 3.05) is 6.61 Å². The largest absolute Gasteiger partial charge is 0.465 e. The Bertz CT molecular complexity index is 180. The lowest BCUT2D eigenvalue weighted by molar-refractivity contribution is -0.146. The van der Waals surface area contributed by atoms with Gasteiger partial charge in [-0.2, -0.15) is 0 Å². The lowest BCUT2D eigenvalue weighted by Gasteiger charge is -2.14. The molecule has 4 nitrogen and oxygen atoms in total. The molecule has 0 aromatic heterocycles. The average Bonchev–Trinajstić information content (AvgIpc) is 2.16. The molecule has 0 unspecified atom stereocenters. The Morgan fingerprint density at radius 2 is 2.07 bits per heavy atom. The van der Waals surface area contributed by atoms with E-state index in [0.717, 1.165) is 0 Å². The van der Waals surface area contributed by atoms with E-state index in [1.165, 1.54) is 0 Å². The van der Waals surface area contributed by atoms with Crippen molar-refractivity contribution in [1.29, 1.82) is 0 Å². The average molecular weight is 200 g/mol. The molecule has 2 N–H and O–H groups in total. The third kappa shape index (κ3) is 5.70. The number of rotatable bonds is 7. The second kappa shape index (κ2) is 7.50. The van der Waals surface area contributed by atoms with Crippen molar-refractivity contribution >= 4 is 12.3 Å². The van der Waals surface area contributed by atoms with Crippen molar-refractivity contribution in [3.8, 4) is 0 Å². The second-order valence-corrected chi connectivity index (χ2v) is 3.54. The zero-order valence-corrected chi connectivity index (χ0v) is 8.79. The lowest BCUT2D eigenvalue weighted by atomic mass is 10.1. The number of nitrogens with two attached hydrogens (primary N) is 1. The molecule has 0 bridgehead atoms. The van der Waals surface area contributed by atoms with Crippen molar-refractivity contribution in [2.45, 2.75) is 39.2 Å². The molecule has 0 heterocycles. The Morgan fingerprint density at radius 3 is 2.57 bits per heavy atom. The van der Waals surface area contributed by atoms with E-state index in [1.807, 2.05) is 13.8 Å². The van der Waals surface area contributed by atoms with Crippen LogP contribution >= 0.6 is 0 Å². The van der Waals surface area contributed by atoms with Crippen molar-refractivity contribution in [3.63, 3.8) is 0 Å². The van der Waals surface area contributed by atoms with Gasteiger partial charge in [0, 0.05) is 6.42 Å². The highest BCUT2D eigenvalue weighted by Gasteiger charge is 2.18. The lowest BCUT2D eigenvalue weighted by Crippen LogP contribution is -2.37. The quantitative estimate of drug-likeness (QED) is 0.487. The first-order valence-corrected chi connectivity index (χ1v) is 4.86. The van der Waals surface area contributed by atoms with Crippen LogP contribution in [0.3, 0.4) is 0 Å². The van der Waals surface area contributed by atoms with Gasteiger partial charge in [-0.05, 0) is 18.8 Å². The van der Waals surface area contributed by atoms with Crippen LogP contribution in [0.5, 0.6) is 0 Å². The third-order valence-corrected chi connectivity index (χ3v) is 1.91. The van der Waals surface area contributed by atoms with Gasteiger partial charge in [0.2, 0.25) is 0 Å². The standard InChI is InChI=1S/C10H18NO3/c1-8(2)9(11)10(13)14-7-5-3-4-6-12/h8-9H,3-5,7,11H2,1-2H3/t9-/m0/s1. The van der Waals surface area contributed by atoms with E-state index in [0.29, 0.717) is 25.9 Å². The van der Waals surface area contributed by atoms with Gasteiger partial charge in [-0.1, -0.05) is 13.8 Å². The Kier molecular flexibility index (Phi) is 7.02. The van der Waals surface area contributed by atoms with Gasteiger partial charge in [0.1, 0.15) is 6.04 Å². The predicted octanol–water partition coefficient (Wildman–Crippen LogP) is 0.793. The number of carbonyl (C=O) groups excluding carboxylic acids is 2. The Morgan fingerprint density at radius 1 is 1.43 bits per heavy atom. The zero-order chi connectivity index (χ0) is 11.0. The first-order valence-electron chi connectivity index (χ1n) is 4.86. The molecule has 0 fully saturated rings. The van der Waals surface area contributed by atoms with E-state index in [1.54, 1.807) is 6.29 Å². The second-order valence-electron chi connectivity index (χ2n) is 3.54. The predicted molar refractivity (Wildman–Crippen MR) is 53.3 cm³/mol. The Labute approximate surface area is 84.8 Å². The summed E-state index contributed by atoms with van der Waals surface area (Å²) in [7, 11) is 0. The highest BCUT2D eigenvalue weighted by molar-refractivity contribution is 5.75. The van der Waals surface area contributed by atoms with Gasteiger partial charge in [0.15, 0.2) is 6.29 Å². The number of carbonyl (C=O) groups is 1. The summed E-state index contributed by atoms with van der Waals surface area (Å²) >= 11 is 0. The molecule has 0 aliphatic carbocycles. The molecule has 4 heteroatoms. The van der Waals surface area contributed by atoms with Crippen molar-refractivity contribution in [2.24, 2.45) is 11.7 Å². The third-order valence-electron chi connectivity index (χ3n) is 1.91. The number of ether oxygens (including phenoxy) is 1. The van der Waals surface area contributed by atoms with Gasteiger partial charge in [-0.15, -0.1) is 0 Å². The SMILES string of the molecule is CC(C)[C@H](N)C(=O)OCCCC[C]=O. The number of esters is 1. The maximum Gasteiger partial charge on any atom is 0.323 e. The normalized spacial score (nSPS) is 12.6. The summed E-state index contributed by atoms with van der Waals surface area (Å²) in [5.74, 6) is -0.277. The molecular weight excluding hydrogens is 182 g/mol. The molecule has 0 saturated heterocycles. The minimum absolute atomic E-state index is 0.0887. The van der Waals surface area contributed by atoms with Crippen LogP contribution in [0.2, 0.25) is 0 Å². The summed E-state index contributed by atoms with van der Waals surface area (Å²) in [5, 5.41) is 0. The van der Waals surface area contributed by atoms with Gasteiger partial charge in [-0.25, -0.2) is 0 Å². The zero-order valence-electron chi connectivity index (χ0n) is 8.79. The number of unbranched alkanes of at least 4 members (excludes halogenated alkanes) is 2. The molecule has 0 aromatic rings. The molecule has 0 spiro atoms. The summed E-state index contributed by atoms with van der Waals surface area (Å²) in [6, 6.07) is -0.548. The Balaban J connectivity index is 3.49. The van der Waals surface area contributed by atoms with Crippen molar-refractivity contribution in [3.05, 3.63) is 0 Å². The molecule has 0 amide bonds. The van der Waals surface area contributed by atoms with Gasteiger partial charge in [0.25, 0.3) is 0 Å². The Hall–Kier alpha value is -0.900. The summed E-state index contributed by atoms with van der Waals surface area (Å²) in [6.07, 6.45) is 3.57. The molecule has 81 valence electrons. The maximum atomic E-state index is 11.2. The number of hydrogen-bond acceptors (Lipinski definition) is 4. The molecule has 14 heavy (non-hydrogen) atoms. The first-order chi connectivity index (χ1) is 6.59. The molecule has 0 rings (SSSR count). The summed E-state index contributed by atoms with van der Waals surface area (Å²) in [6.45, 7) is 4.07. The monoisotopic (exact) mass is 200 g/mol. The molecule has 0 saturated carbocycles.